The average Bonchev–Trinajstić information content (AvgIpc) is 2.82. The van der Waals surface area contributed by atoms with Gasteiger partial charge in [-0.2, -0.15) is 0 Å². The number of carbonyl (C=O) groups excluding carboxylic acids is 1. The number of carboxylic acid groups (broad SMARTS) is 1. The Balaban J connectivity index is 1.76. The summed E-state index contributed by atoms with van der Waals surface area (Å²) in [4.78, 5) is 24.8. The maximum atomic E-state index is 12.3. The van der Waals surface area contributed by atoms with Gasteiger partial charge in [-0.05, 0) is 38.5 Å². The van der Waals surface area contributed by atoms with Crippen molar-refractivity contribution in [2.24, 2.45) is 11.8 Å². The predicted molar refractivity (Wildman–Crippen MR) is 69.7 cm³/mol. The van der Waals surface area contributed by atoms with Crippen molar-refractivity contribution in [1.29, 1.82) is 0 Å². The third-order valence-corrected chi connectivity index (χ3v) is 4.39. The molecule has 5 heteroatoms. The lowest BCUT2D eigenvalue weighted by Gasteiger charge is -2.34. The van der Waals surface area contributed by atoms with E-state index in [-0.39, 0.29) is 24.3 Å². The summed E-state index contributed by atoms with van der Waals surface area (Å²) < 4.78 is 5.45. The van der Waals surface area contributed by atoms with Crippen LogP contribution >= 0.6 is 0 Å². The first-order chi connectivity index (χ1) is 9.08. The van der Waals surface area contributed by atoms with E-state index in [0.29, 0.717) is 12.5 Å². The van der Waals surface area contributed by atoms with Gasteiger partial charge < -0.3 is 14.7 Å². The van der Waals surface area contributed by atoms with Crippen molar-refractivity contribution in [1.82, 2.24) is 4.90 Å². The van der Waals surface area contributed by atoms with Crippen LogP contribution in [0.15, 0.2) is 0 Å². The van der Waals surface area contributed by atoms with Gasteiger partial charge in [0.05, 0.1) is 12.0 Å². The molecule has 0 bridgehead atoms. The predicted octanol–water partition coefficient (Wildman–Crippen LogP) is 1.51. The zero-order chi connectivity index (χ0) is 13.8. The molecule has 19 heavy (non-hydrogen) atoms. The molecule has 2 fully saturated rings. The van der Waals surface area contributed by atoms with Crippen LogP contribution in [0.5, 0.6) is 0 Å². The van der Waals surface area contributed by atoms with Crippen molar-refractivity contribution in [2.75, 3.05) is 19.7 Å². The number of amides is 1. The van der Waals surface area contributed by atoms with Crippen molar-refractivity contribution in [3.8, 4) is 0 Å². The summed E-state index contributed by atoms with van der Waals surface area (Å²) in [5, 5.41) is 8.68. The summed E-state index contributed by atoms with van der Waals surface area (Å²) in [5.74, 6) is -0.0231. The Kier molecular flexibility index (Phi) is 4.80. The highest BCUT2D eigenvalue weighted by atomic mass is 16.5. The van der Waals surface area contributed by atoms with E-state index in [1.54, 1.807) is 0 Å². The van der Waals surface area contributed by atoms with Gasteiger partial charge in [0.2, 0.25) is 5.91 Å². The molecule has 2 aliphatic rings. The SMILES string of the molecule is CC1OCCC1C(=O)N1CCC(CCC(=O)O)CC1. The molecule has 2 heterocycles. The van der Waals surface area contributed by atoms with Crippen LogP contribution in [0, 0.1) is 11.8 Å². The summed E-state index contributed by atoms with van der Waals surface area (Å²) in [6, 6.07) is 0. The van der Waals surface area contributed by atoms with Crippen molar-refractivity contribution in [3.05, 3.63) is 0 Å². The van der Waals surface area contributed by atoms with E-state index in [1.807, 2.05) is 11.8 Å². The second-order valence-electron chi connectivity index (χ2n) is 5.67. The van der Waals surface area contributed by atoms with Crippen LogP contribution in [0.2, 0.25) is 0 Å². The first-order valence-corrected chi connectivity index (χ1v) is 7.20. The van der Waals surface area contributed by atoms with Crippen LogP contribution in [0.4, 0.5) is 0 Å². The molecule has 2 aliphatic heterocycles. The van der Waals surface area contributed by atoms with E-state index in [9.17, 15) is 9.59 Å². The van der Waals surface area contributed by atoms with Crippen LogP contribution in [0.3, 0.4) is 0 Å². The standard InChI is InChI=1S/C14H23NO4/c1-10-12(6-9-19-10)14(18)15-7-4-11(5-8-15)2-3-13(16)17/h10-12H,2-9H2,1H3,(H,16,17). The number of carbonyl (C=O) groups is 2. The molecule has 1 amide bonds. The highest BCUT2D eigenvalue weighted by Crippen LogP contribution is 2.27. The molecule has 0 aromatic rings. The lowest BCUT2D eigenvalue weighted by atomic mass is 9.91. The smallest absolute Gasteiger partial charge is 0.303 e. The fourth-order valence-corrected chi connectivity index (χ4v) is 3.06. The number of likely N-dealkylation sites (tertiary alicyclic amines) is 1. The lowest BCUT2D eigenvalue weighted by Crippen LogP contribution is -2.43. The zero-order valence-electron chi connectivity index (χ0n) is 11.5. The minimum Gasteiger partial charge on any atom is -0.481 e. The number of rotatable bonds is 4. The van der Waals surface area contributed by atoms with Crippen LogP contribution in [0.1, 0.15) is 39.0 Å². The summed E-state index contributed by atoms with van der Waals surface area (Å²) in [6.07, 6.45) is 3.71. The van der Waals surface area contributed by atoms with Crippen LogP contribution < -0.4 is 0 Å². The van der Waals surface area contributed by atoms with E-state index >= 15 is 0 Å². The number of hydrogen-bond acceptors (Lipinski definition) is 3. The monoisotopic (exact) mass is 269 g/mol. The molecule has 0 saturated carbocycles. The largest absolute Gasteiger partial charge is 0.481 e. The minimum atomic E-state index is -0.726. The van der Waals surface area contributed by atoms with E-state index in [2.05, 4.69) is 0 Å². The van der Waals surface area contributed by atoms with Gasteiger partial charge in [-0.3, -0.25) is 9.59 Å². The third kappa shape index (κ3) is 3.69. The zero-order valence-corrected chi connectivity index (χ0v) is 11.5. The summed E-state index contributed by atoms with van der Waals surface area (Å²) in [7, 11) is 0. The van der Waals surface area contributed by atoms with E-state index in [0.717, 1.165) is 38.8 Å². The van der Waals surface area contributed by atoms with Crippen molar-refractivity contribution in [2.45, 2.75) is 45.1 Å². The average molecular weight is 269 g/mol. The van der Waals surface area contributed by atoms with Gasteiger partial charge in [-0.1, -0.05) is 0 Å². The van der Waals surface area contributed by atoms with Gasteiger partial charge in [0.1, 0.15) is 0 Å². The molecule has 5 nitrogen and oxygen atoms in total. The Morgan fingerprint density at radius 1 is 1.26 bits per heavy atom. The van der Waals surface area contributed by atoms with E-state index in [4.69, 9.17) is 9.84 Å². The Morgan fingerprint density at radius 2 is 1.95 bits per heavy atom. The number of carboxylic acids is 1. The van der Waals surface area contributed by atoms with Crippen LogP contribution in [-0.2, 0) is 14.3 Å². The number of ether oxygens (including phenoxy) is 1. The Hall–Kier alpha value is -1.10. The van der Waals surface area contributed by atoms with Gasteiger partial charge in [0, 0.05) is 26.1 Å². The van der Waals surface area contributed by atoms with Gasteiger partial charge in [-0.15, -0.1) is 0 Å². The summed E-state index contributed by atoms with van der Waals surface area (Å²) in [5.41, 5.74) is 0. The minimum absolute atomic E-state index is 0.0237. The Labute approximate surface area is 113 Å². The van der Waals surface area contributed by atoms with Gasteiger partial charge in [0.15, 0.2) is 0 Å². The molecular formula is C14H23NO4. The van der Waals surface area contributed by atoms with Crippen LogP contribution in [-0.4, -0.2) is 47.7 Å². The molecule has 0 aliphatic carbocycles. The molecular weight excluding hydrogens is 246 g/mol. The van der Waals surface area contributed by atoms with E-state index in [1.165, 1.54) is 0 Å². The second-order valence-corrected chi connectivity index (χ2v) is 5.67. The highest BCUT2D eigenvalue weighted by molar-refractivity contribution is 5.79. The van der Waals surface area contributed by atoms with Gasteiger partial charge in [-0.25, -0.2) is 0 Å². The third-order valence-electron chi connectivity index (χ3n) is 4.39. The molecule has 108 valence electrons. The molecule has 1 N–H and O–H groups in total. The maximum absolute atomic E-state index is 12.3. The molecule has 2 atom stereocenters. The fourth-order valence-electron chi connectivity index (χ4n) is 3.06. The number of aliphatic carboxylic acids is 1. The second kappa shape index (κ2) is 6.37. The van der Waals surface area contributed by atoms with Crippen molar-refractivity contribution < 1.29 is 19.4 Å². The molecule has 0 aromatic carbocycles. The number of nitrogens with zero attached hydrogens (tertiary/aromatic N) is 1. The fraction of sp³-hybridized carbons (Fsp3) is 0.857. The Morgan fingerprint density at radius 3 is 2.47 bits per heavy atom. The lowest BCUT2D eigenvalue weighted by molar-refractivity contribution is -0.140. The topological polar surface area (TPSA) is 66.8 Å². The van der Waals surface area contributed by atoms with Gasteiger partial charge in [0.25, 0.3) is 0 Å². The quantitative estimate of drug-likeness (QED) is 0.840. The van der Waals surface area contributed by atoms with E-state index < -0.39 is 5.97 Å². The van der Waals surface area contributed by atoms with Gasteiger partial charge >= 0.3 is 5.97 Å². The normalized spacial score (nSPS) is 28.6. The molecule has 2 rings (SSSR count). The molecule has 2 unspecified atom stereocenters. The van der Waals surface area contributed by atoms with Crippen LogP contribution in [0.25, 0.3) is 0 Å². The molecule has 0 spiro atoms. The number of piperidine rings is 1. The summed E-state index contributed by atoms with van der Waals surface area (Å²) in [6.45, 7) is 4.19. The first kappa shape index (κ1) is 14.3. The van der Waals surface area contributed by atoms with Crippen molar-refractivity contribution in [3.63, 3.8) is 0 Å². The molecule has 2 saturated heterocycles. The molecule has 0 aromatic heterocycles. The summed E-state index contributed by atoms with van der Waals surface area (Å²) >= 11 is 0. The first-order valence-electron chi connectivity index (χ1n) is 7.20. The molecule has 0 radical (unpaired) electrons. The highest BCUT2D eigenvalue weighted by Gasteiger charge is 2.35. The Bertz CT molecular complexity index is 336. The maximum Gasteiger partial charge on any atom is 0.303 e. The number of hydrogen-bond donors (Lipinski definition) is 1. The van der Waals surface area contributed by atoms with Crippen molar-refractivity contribution >= 4 is 11.9 Å².